The van der Waals surface area contributed by atoms with Crippen LogP contribution in [0.4, 0.5) is 0 Å². The summed E-state index contributed by atoms with van der Waals surface area (Å²) in [6, 6.07) is 10.2. The molecule has 174 valence electrons. The van der Waals surface area contributed by atoms with E-state index < -0.39 is 5.97 Å². The van der Waals surface area contributed by atoms with Gasteiger partial charge in [0.2, 0.25) is 0 Å². The minimum Gasteiger partial charge on any atom is -0.507 e. The molecule has 5 heteroatoms. The Balaban J connectivity index is 0.000000314. The molecule has 2 rings (SSSR count). The second-order valence-electron chi connectivity index (χ2n) is 7.95. The van der Waals surface area contributed by atoms with Gasteiger partial charge in [-0.1, -0.05) is 95.9 Å². The third-order valence-electron chi connectivity index (χ3n) is 5.15. The lowest BCUT2D eigenvalue weighted by molar-refractivity contribution is 0.0387. The summed E-state index contributed by atoms with van der Waals surface area (Å²) >= 11 is 0. The van der Waals surface area contributed by atoms with Gasteiger partial charge in [-0.3, -0.25) is 0 Å². The number of phenols is 1. The number of hydrogen-bond donors (Lipinski definition) is 3. The molecule has 0 atom stereocenters. The number of fused-ring (bicyclic) bond motifs is 1. The van der Waals surface area contributed by atoms with E-state index in [0.717, 1.165) is 30.3 Å². The number of unbranched alkanes of at least 4 members (excludes halogenated alkanes) is 9. The standard InChI is InChI=1S/C15H33NO.C11H8O3/c1-3-5-6-7-8-9-10-11-12-13-15-17-16-14-4-2;12-10-6-8-4-2-1-3-7(8)5-9(10)11(13)14/h16H,3-15H2,1-2H3;1-6,12H,(H,13,14). The molecule has 3 N–H and O–H groups in total. The first-order valence-corrected chi connectivity index (χ1v) is 11.9. The number of carbonyl (C=O) groups is 1. The number of aromatic hydroxyl groups is 1. The lowest BCUT2D eigenvalue weighted by Crippen LogP contribution is -2.15. The Hall–Kier alpha value is -2.11. The second kappa shape index (κ2) is 17.6. The summed E-state index contributed by atoms with van der Waals surface area (Å²) in [6.07, 6.45) is 15.0. The van der Waals surface area contributed by atoms with Crippen LogP contribution in [0.5, 0.6) is 5.75 Å². The monoisotopic (exact) mass is 431 g/mol. The molecule has 0 unspecified atom stereocenters. The Kier molecular flexibility index (Phi) is 15.3. The van der Waals surface area contributed by atoms with Crippen LogP contribution in [0, 0.1) is 0 Å². The van der Waals surface area contributed by atoms with Crippen LogP contribution in [0.2, 0.25) is 0 Å². The van der Waals surface area contributed by atoms with Crippen molar-refractivity contribution in [2.75, 3.05) is 13.2 Å². The Morgan fingerprint density at radius 1 is 0.839 bits per heavy atom. The summed E-state index contributed by atoms with van der Waals surface area (Å²) in [6.45, 7) is 6.27. The van der Waals surface area contributed by atoms with Crippen molar-refractivity contribution in [1.82, 2.24) is 5.48 Å². The van der Waals surface area contributed by atoms with Gasteiger partial charge in [0.25, 0.3) is 0 Å². The molecular formula is C26H41NO4. The van der Waals surface area contributed by atoms with Crippen LogP contribution >= 0.6 is 0 Å². The molecule has 0 amide bonds. The third kappa shape index (κ3) is 12.4. The molecule has 2 aromatic rings. The topological polar surface area (TPSA) is 78.8 Å². The highest BCUT2D eigenvalue weighted by molar-refractivity contribution is 5.97. The molecular weight excluding hydrogens is 390 g/mol. The van der Waals surface area contributed by atoms with Crippen molar-refractivity contribution in [3.63, 3.8) is 0 Å². The maximum atomic E-state index is 10.7. The van der Waals surface area contributed by atoms with Crippen LogP contribution in [-0.4, -0.2) is 29.3 Å². The van der Waals surface area contributed by atoms with Crippen molar-refractivity contribution in [3.8, 4) is 5.75 Å². The minimum atomic E-state index is -1.12. The van der Waals surface area contributed by atoms with E-state index >= 15 is 0 Å². The van der Waals surface area contributed by atoms with Crippen LogP contribution in [0.3, 0.4) is 0 Å². The number of hydroxylamine groups is 1. The molecule has 0 bridgehead atoms. The summed E-state index contributed by atoms with van der Waals surface area (Å²) in [4.78, 5) is 16.0. The maximum Gasteiger partial charge on any atom is 0.339 e. The number of nitrogens with one attached hydrogen (secondary N) is 1. The number of carboxylic acid groups (broad SMARTS) is 1. The molecule has 0 aliphatic carbocycles. The van der Waals surface area contributed by atoms with Crippen LogP contribution < -0.4 is 5.48 Å². The van der Waals surface area contributed by atoms with Crippen LogP contribution in [-0.2, 0) is 4.84 Å². The maximum absolute atomic E-state index is 10.7. The van der Waals surface area contributed by atoms with Gasteiger partial charge in [0.1, 0.15) is 11.3 Å². The molecule has 0 radical (unpaired) electrons. The lowest BCUT2D eigenvalue weighted by atomic mass is 10.1. The molecule has 5 nitrogen and oxygen atoms in total. The highest BCUT2D eigenvalue weighted by Gasteiger charge is 2.09. The van der Waals surface area contributed by atoms with E-state index in [0.29, 0.717) is 0 Å². The fourth-order valence-electron chi connectivity index (χ4n) is 3.31. The second-order valence-corrected chi connectivity index (χ2v) is 7.95. The Morgan fingerprint density at radius 2 is 1.39 bits per heavy atom. The van der Waals surface area contributed by atoms with Gasteiger partial charge >= 0.3 is 5.97 Å². The fourth-order valence-corrected chi connectivity index (χ4v) is 3.31. The quantitative estimate of drug-likeness (QED) is 0.207. The van der Waals surface area contributed by atoms with E-state index in [9.17, 15) is 9.90 Å². The molecule has 0 saturated carbocycles. The van der Waals surface area contributed by atoms with E-state index in [1.165, 1.54) is 76.3 Å². The molecule has 0 heterocycles. The van der Waals surface area contributed by atoms with E-state index in [4.69, 9.17) is 9.94 Å². The van der Waals surface area contributed by atoms with Gasteiger partial charge in [-0.15, -0.1) is 0 Å². The van der Waals surface area contributed by atoms with E-state index in [1.54, 1.807) is 6.07 Å². The average Bonchev–Trinajstić information content (AvgIpc) is 2.77. The Bertz CT molecular complexity index is 718. The molecule has 31 heavy (non-hydrogen) atoms. The molecule has 0 aromatic heterocycles. The van der Waals surface area contributed by atoms with Crippen LogP contribution in [0.25, 0.3) is 10.8 Å². The molecule has 0 aliphatic heterocycles. The molecule has 0 spiro atoms. The van der Waals surface area contributed by atoms with Gasteiger partial charge < -0.3 is 15.1 Å². The smallest absolute Gasteiger partial charge is 0.339 e. The van der Waals surface area contributed by atoms with Gasteiger partial charge in [-0.2, -0.15) is 0 Å². The predicted octanol–water partition coefficient (Wildman–Crippen LogP) is 7.08. The van der Waals surface area contributed by atoms with Gasteiger partial charge in [0.05, 0.1) is 6.61 Å². The van der Waals surface area contributed by atoms with Crippen molar-refractivity contribution in [2.45, 2.75) is 84.5 Å². The largest absolute Gasteiger partial charge is 0.507 e. The Morgan fingerprint density at radius 3 is 1.94 bits per heavy atom. The summed E-state index contributed by atoms with van der Waals surface area (Å²) in [5.41, 5.74) is 2.90. The first-order valence-electron chi connectivity index (χ1n) is 11.9. The van der Waals surface area contributed by atoms with Gasteiger partial charge in [0.15, 0.2) is 0 Å². The number of hydrogen-bond acceptors (Lipinski definition) is 4. The van der Waals surface area contributed by atoms with Crippen molar-refractivity contribution in [1.29, 1.82) is 0 Å². The highest BCUT2D eigenvalue weighted by Crippen LogP contribution is 2.24. The minimum absolute atomic E-state index is 0.0660. The van der Waals surface area contributed by atoms with E-state index in [-0.39, 0.29) is 11.3 Å². The van der Waals surface area contributed by atoms with Gasteiger partial charge in [-0.25, -0.2) is 10.3 Å². The molecule has 0 fully saturated rings. The summed E-state index contributed by atoms with van der Waals surface area (Å²) in [5.74, 6) is -1.32. The molecule has 0 aliphatic rings. The lowest BCUT2D eigenvalue weighted by Gasteiger charge is -2.04. The zero-order valence-corrected chi connectivity index (χ0v) is 19.4. The SMILES string of the molecule is CCCCCCCCCCCCONCCC.O=C(O)c1cc2ccccc2cc1O. The number of carboxylic acids is 1. The van der Waals surface area contributed by atoms with Crippen molar-refractivity contribution < 1.29 is 19.8 Å². The average molecular weight is 432 g/mol. The molecule has 0 saturated heterocycles. The van der Waals surface area contributed by atoms with E-state index in [1.807, 2.05) is 18.2 Å². The normalized spacial score (nSPS) is 10.6. The zero-order chi connectivity index (χ0) is 22.7. The number of benzene rings is 2. The molecule has 2 aromatic carbocycles. The summed E-state index contributed by atoms with van der Waals surface area (Å²) < 4.78 is 0. The van der Waals surface area contributed by atoms with E-state index in [2.05, 4.69) is 19.3 Å². The number of aromatic carboxylic acids is 1. The summed E-state index contributed by atoms with van der Waals surface area (Å²) in [5, 5.41) is 19.8. The van der Waals surface area contributed by atoms with Gasteiger partial charge in [0, 0.05) is 6.54 Å². The first-order chi connectivity index (χ1) is 15.1. The Labute approximate surface area is 187 Å². The first kappa shape index (κ1) is 26.9. The van der Waals surface area contributed by atoms with Crippen LogP contribution in [0.15, 0.2) is 36.4 Å². The number of rotatable bonds is 15. The fraction of sp³-hybridized carbons (Fsp3) is 0.577. The zero-order valence-electron chi connectivity index (χ0n) is 19.4. The van der Waals surface area contributed by atoms with Crippen LogP contribution in [0.1, 0.15) is 94.8 Å². The third-order valence-corrected chi connectivity index (χ3v) is 5.15. The van der Waals surface area contributed by atoms with Gasteiger partial charge in [-0.05, 0) is 35.7 Å². The van der Waals surface area contributed by atoms with Crippen molar-refractivity contribution in [3.05, 3.63) is 42.0 Å². The highest BCUT2D eigenvalue weighted by atomic mass is 16.6. The summed E-state index contributed by atoms with van der Waals surface area (Å²) in [7, 11) is 0. The predicted molar refractivity (Wildman–Crippen MR) is 129 cm³/mol. The van der Waals surface area contributed by atoms with Crippen molar-refractivity contribution in [2.24, 2.45) is 0 Å². The van der Waals surface area contributed by atoms with Crippen molar-refractivity contribution >= 4 is 16.7 Å².